The molecular weight excluding hydrogens is 784 g/mol. The second-order valence-corrected chi connectivity index (χ2v) is 20.6. The van der Waals surface area contributed by atoms with Crippen molar-refractivity contribution in [2.24, 2.45) is 46.3 Å². The molecule has 60 heavy (non-hydrogen) atoms. The molecule has 5 saturated heterocycles. The van der Waals surface area contributed by atoms with Crippen molar-refractivity contribution in [3.8, 4) is 0 Å². The summed E-state index contributed by atoms with van der Waals surface area (Å²) in [5.74, 6) is 2.69. The average Bonchev–Trinajstić information content (AvgIpc) is 3.79. The molecule has 0 aromatic carbocycles. The van der Waals surface area contributed by atoms with Crippen LogP contribution in [0.15, 0.2) is 11.6 Å². The molecule has 5 heterocycles. The maximum absolute atomic E-state index is 11.9. The summed E-state index contributed by atoms with van der Waals surface area (Å²) in [6.07, 6.45) is -8.88. The van der Waals surface area contributed by atoms with Crippen LogP contribution in [0.4, 0.5) is 0 Å². The minimum atomic E-state index is -1.72. The van der Waals surface area contributed by atoms with Crippen LogP contribution in [-0.2, 0) is 37.9 Å². The van der Waals surface area contributed by atoms with Gasteiger partial charge in [0.05, 0.1) is 38.1 Å². The van der Waals surface area contributed by atoms with Crippen LogP contribution in [-0.4, -0.2) is 165 Å². The van der Waals surface area contributed by atoms with Gasteiger partial charge in [0.1, 0.15) is 61.0 Å². The van der Waals surface area contributed by atoms with Crippen LogP contribution in [0.1, 0.15) is 92.4 Å². The summed E-state index contributed by atoms with van der Waals surface area (Å²) in [6, 6.07) is 0. The van der Waals surface area contributed by atoms with Gasteiger partial charge in [-0.2, -0.15) is 0 Å². The van der Waals surface area contributed by atoms with Crippen LogP contribution in [0.5, 0.6) is 0 Å². The van der Waals surface area contributed by atoms with Crippen LogP contribution in [0.25, 0.3) is 0 Å². The predicted octanol–water partition coefficient (Wildman–Crippen LogP) is 0.853. The topological polar surface area (TPSA) is 236 Å². The molecule has 8 fully saturated rings. The van der Waals surface area contributed by atoms with Gasteiger partial charge in [-0.25, -0.2) is 0 Å². The van der Waals surface area contributed by atoms with Crippen molar-refractivity contribution < 1.29 is 78.7 Å². The van der Waals surface area contributed by atoms with Crippen molar-refractivity contribution >= 4 is 0 Å². The van der Waals surface area contributed by atoms with Gasteiger partial charge in [-0.1, -0.05) is 39.3 Å². The third-order valence-corrected chi connectivity index (χ3v) is 17.3. The summed E-state index contributed by atoms with van der Waals surface area (Å²) in [5.41, 5.74) is 1.56. The number of hydrogen-bond donors (Lipinski definition) is 8. The number of rotatable bonds is 8. The van der Waals surface area contributed by atoms with E-state index in [0.29, 0.717) is 48.3 Å². The van der Waals surface area contributed by atoms with Crippen molar-refractivity contribution in [2.45, 2.75) is 196 Å². The fraction of sp³-hybridized carbons (Fsp3) is 0.955. The molecule has 3 saturated carbocycles. The summed E-state index contributed by atoms with van der Waals surface area (Å²) in [7, 11) is 0. The molecule has 16 nitrogen and oxygen atoms in total. The molecule has 342 valence electrons. The molecule has 1 spiro atoms. The maximum Gasteiger partial charge on any atom is 0.187 e. The number of aliphatic hydroxyl groups is 8. The third kappa shape index (κ3) is 7.10. The zero-order valence-electron chi connectivity index (χ0n) is 35.6. The van der Waals surface area contributed by atoms with E-state index in [2.05, 4.69) is 33.8 Å². The molecule has 4 aliphatic carbocycles. The fourth-order valence-electron chi connectivity index (χ4n) is 13.8. The normalized spacial score (nSPS) is 57.7. The molecule has 0 bridgehead atoms. The van der Waals surface area contributed by atoms with E-state index in [-0.39, 0.29) is 23.0 Å². The van der Waals surface area contributed by atoms with Crippen molar-refractivity contribution in [1.29, 1.82) is 0 Å². The lowest BCUT2D eigenvalue weighted by molar-refractivity contribution is -0.376. The van der Waals surface area contributed by atoms with Gasteiger partial charge < -0.3 is 78.7 Å². The molecule has 0 unspecified atom stereocenters. The monoisotopic (exact) mass is 854 g/mol. The van der Waals surface area contributed by atoms with E-state index in [1.54, 1.807) is 0 Å². The number of ether oxygens (including phenoxy) is 8. The van der Waals surface area contributed by atoms with Crippen LogP contribution >= 0.6 is 0 Å². The molecule has 0 aromatic rings. The highest BCUT2D eigenvalue weighted by Gasteiger charge is 2.69. The Morgan fingerprint density at radius 2 is 1.38 bits per heavy atom. The maximum atomic E-state index is 11.9. The Labute approximate surface area is 352 Å². The lowest BCUT2D eigenvalue weighted by Crippen LogP contribution is -2.65. The average molecular weight is 855 g/mol. The van der Waals surface area contributed by atoms with E-state index >= 15 is 0 Å². The summed E-state index contributed by atoms with van der Waals surface area (Å²) < 4.78 is 49.7. The quantitative estimate of drug-likeness (QED) is 0.158. The Kier molecular flexibility index (Phi) is 12.2. The van der Waals surface area contributed by atoms with Gasteiger partial charge in [-0.3, -0.25) is 0 Å². The molecule has 25 atom stereocenters. The third-order valence-electron chi connectivity index (χ3n) is 17.3. The number of allylic oxidation sites excluding steroid dienone is 1. The first-order valence-corrected chi connectivity index (χ1v) is 22.8. The van der Waals surface area contributed by atoms with Crippen molar-refractivity contribution in [1.82, 2.24) is 0 Å². The second-order valence-electron chi connectivity index (χ2n) is 20.6. The van der Waals surface area contributed by atoms with Gasteiger partial charge in [-0.15, -0.1) is 0 Å². The molecule has 16 heteroatoms. The second kappa shape index (κ2) is 16.5. The van der Waals surface area contributed by atoms with E-state index in [0.717, 1.165) is 45.1 Å². The highest BCUT2D eigenvalue weighted by Crippen LogP contribution is 2.70. The van der Waals surface area contributed by atoms with Gasteiger partial charge in [0.25, 0.3) is 0 Å². The zero-order chi connectivity index (χ0) is 42.6. The van der Waals surface area contributed by atoms with Crippen molar-refractivity contribution in [2.75, 3.05) is 19.8 Å². The van der Waals surface area contributed by atoms with Gasteiger partial charge in [0, 0.05) is 12.3 Å². The highest BCUT2D eigenvalue weighted by atomic mass is 16.8. The molecular formula is C44H70O16. The predicted molar refractivity (Wildman–Crippen MR) is 208 cm³/mol. The Morgan fingerprint density at radius 1 is 0.700 bits per heavy atom. The fourth-order valence-corrected chi connectivity index (χ4v) is 13.8. The first-order chi connectivity index (χ1) is 28.5. The molecule has 5 aliphatic heterocycles. The lowest BCUT2D eigenvalue weighted by Gasteiger charge is -2.58. The zero-order valence-corrected chi connectivity index (χ0v) is 35.6. The standard InChI is InChI=1S/C44H70O16/c1-19-8-13-44(53-18-19)20(2)30-27(60-44)15-26-24-7-6-22-14-23(9-11-42(22,4)25(24)10-12-43(26,30)5)55-41-36(52)38(59-40-34(50)32(48)28(16-45)56-40)37(29(17-46)57-41)58-39-35(51)33(49)31(47)21(3)54-39/h6,19-21,23-41,45-52H,7-18H2,1-5H3/t19-,20+,21+,23+,24-,25+,26-,27+,28+,29-,30+,31+,32+,33-,34-,35-,36-,37-,38-,39+,40+,41-,42-,43-,44-/m1/s1. The van der Waals surface area contributed by atoms with E-state index < -0.39 is 105 Å². The summed E-state index contributed by atoms with van der Waals surface area (Å²) >= 11 is 0. The molecule has 9 aliphatic rings. The Morgan fingerprint density at radius 3 is 2.08 bits per heavy atom. The van der Waals surface area contributed by atoms with Crippen molar-refractivity contribution in [3.63, 3.8) is 0 Å². The molecule has 0 radical (unpaired) electrons. The van der Waals surface area contributed by atoms with Crippen LogP contribution in [0.3, 0.4) is 0 Å². The summed E-state index contributed by atoms with van der Waals surface area (Å²) in [5, 5.41) is 85.0. The number of hydrogen-bond acceptors (Lipinski definition) is 16. The highest BCUT2D eigenvalue weighted by molar-refractivity contribution is 5.26. The molecule has 9 rings (SSSR count). The van der Waals surface area contributed by atoms with E-state index in [9.17, 15) is 40.9 Å². The first kappa shape index (κ1) is 44.3. The Balaban J connectivity index is 0.900. The molecule has 0 amide bonds. The Hall–Kier alpha value is -0.900. The molecule has 0 aromatic heterocycles. The summed E-state index contributed by atoms with van der Waals surface area (Å²) in [6.45, 7) is 10.6. The lowest BCUT2D eigenvalue weighted by atomic mass is 9.47. The van der Waals surface area contributed by atoms with E-state index in [4.69, 9.17) is 37.9 Å². The van der Waals surface area contributed by atoms with Crippen LogP contribution in [0.2, 0.25) is 0 Å². The van der Waals surface area contributed by atoms with Gasteiger partial charge >= 0.3 is 0 Å². The van der Waals surface area contributed by atoms with Gasteiger partial charge in [0.15, 0.2) is 24.7 Å². The molecule has 8 N–H and O–H groups in total. The minimum Gasteiger partial charge on any atom is -0.394 e. The van der Waals surface area contributed by atoms with Crippen LogP contribution in [0, 0.1) is 46.3 Å². The van der Waals surface area contributed by atoms with E-state index in [1.807, 2.05) is 0 Å². The SMILES string of the molecule is C[C@@H]1CC[C@@]2(OC1)O[C@H]1C[C@@H]3[C@@H]4CC=C5C[C@@H](O[C@@H]6O[C@H](CO)[C@@H](O[C@@H]7O[C@@H](C)[C@H](O)[C@@H](O)[C@H]7O)[C@H](O[C@@H]7O[C@@H](CO)[C@H](O)[C@H]7O)[C@H]6O)CC[C@@]5(C)[C@H]4CC[C@@]3(C)[C@H]1[C@@H]2C. The summed E-state index contributed by atoms with van der Waals surface area (Å²) in [4.78, 5) is 0. The minimum absolute atomic E-state index is 0.00147. The van der Waals surface area contributed by atoms with E-state index in [1.165, 1.54) is 18.9 Å². The Bertz CT molecular complexity index is 1560. The largest absolute Gasteiger partial charge is 0.394 e. The van der Waals surface area contributed by atoms with Crippen molar-refractivity contribution in [3.05, 3.63) is 11.6 Å². The van der Waals surface area contributed by atoms with Gasteiger partial charge in [-0.05, 0) is 98.7 Å². The smallest absolute Gasteiger partial charge is 0.187 e. The van der Waals surface area contributed by atoms with Gasteiger partial charge in [0.2, 0.25) is 0 Å². The van der Waals surface area contributed by atoms with Crippen LogP contribution < -0.4 is 0 Å². The number of aliphatic hydroxyl groups excluding tert-OH is 8. The first-order valence-electron chi connectivity index (χ1n) is 22.8. The number of fused-ring (bicyclic) bond motifs is 7.